The van der Waals surface area contributed by atoms with E-state index in [0.29, 0.717) is 13.2 Å². The van der Waals surface area contributed by atoms with Gasteiger partial charge in [0.05, 0.1) is 6.61 Å². The number of cyclic esters (lactones) is 2. The van der Waals surface area contributed by atoms with Crippen LogP contribution in [0.1, 0.15) is 64.7 Å². The molecule has 0 atom stereocenters. The van der Waals surface area contributed by atoms with Gasteiger partial charge in [-0.05, 0) is 31.9 Å². The molecule has 2 N–H and O–H groups in total. The molecular formula is C24H36N2O6. The maximum atomic E-state index is 12.1. The third-order valence-corrected chi connectivity index (χ3v) is 5.38. The molecule has 8 heteroatoms. The van der Waals surface area contributed by atoms with Crippen molar-refractivity contribution in [2.75, 3.05) is 31.7 Å². The molecule has 1 heterocycles. The fraction of sp³-hybridized carbons (Fsp3) is 0.625. The summed E-state index contributed by atoms with van der Waals surface area (Å²) < 4.78 is 14.9. The average Bonchev–Trinajstić information content (AvgIpc) is 2.79. The number of unbranched alkanes of at least 4 members (excludes halogenated alkanes) is 8. The van der Waals surface area contributed by atoms with Crippen molar-refractivity contribution < 1.29 is 28.6 Å². The van der Waals surface area contributed by atoms with E-state index in [1.54, 1.807) is 6.92 Å². The predicted octanol–water partition coefficient (Wildman–Crippen LogP) is 5.04. The molecule has 0 spiro atoms. The second kappa shape index (κ2) is 14.3. The van der Waals surface area contributed by atoms with E-state index in [9.17, 15) is 14.4 Å². The van der Waals surface area contributed by atoms with E-state index in [4.69, 9.17) is 14.2 Å². The monoisotopic (exact) mass is 448 g/mol. The van der Waals surface area contributed by atoms with E-state index in [-0.39, 0.29) is 25.2 Å². The van der Waals surface area contributed by atoms with Gasteiger partial charge in [-0.25, -0.2) is 9.59 Å². The third-order valence-electron chi connectivity index (χ3n) is 5.38. The van der Waals surface area contributed by atoms with Crippen LogP contribution in [0, 0.1) is 5.41 Å². The first-order chi connectivity index (χ1) is 15.5. The molecular weight excluding hydrogens is 412 g/mol. The van der Waals surface area contributed by atoms with Crippen molar-refractivity contribution >= 4 is 23.8 Å². The summed E-state index contributed by atoms with van der Waals surface area (Å²) >= 11 is 0. The smallest absolute Gasteiger partial charge is 0.465 e. The van der Waals surface area contributed by atoms with Gasteiger partial charge in [-0.2, -0.15) is 0 Å². The van der Waals surface area contributed by atoms with Gasteiger partial charge in [0.2, 0.25) is 0 Å². The molecule has 32 heavy (non-hydrogen) atoms. The Morgan fingerprint density at radius 3 is 2.09 bits per heavy atom. The summed E-state index contributed by atoms with van der Waals surface area (Å²) in [4.78, 5) is 34.8. The lowest BCUT2D eigenvalue weighted by molar-refractivity contribution is -0.166. The number of ether oxygens (including phenoxy) is 3. The minimum Gasteiger partial charge on any atom is -0.465 e. The van der Waals surface area contributed by atoms with Crippen molar-refractivity contribution in [2.45, 2.75) is 64.7 Å². The number of hydrogen-bond donors (Lipinski definition) is 2. The van der Waals surface area contributed by atoms with Crippen LogP contribution in [0.3, 0.4) is 0 Å². The van der Waals surface area contributed by atoms with Crippen molar-refractivity contribution in [3.05, 3.63) is 30.3 Å². The van der Waals surface area contributed by atoms with Gasteiger partial charge in [0.1, 0.15) is 18.6 Å². The summed E-state index contributed by atoms with van der Waals surface area (Å²) in [5.41, 5.74) is -0.113. The lowest BCUT2D eigenvalue weighted by Gasteiger charge is -2.29. The summed E-state index contributed by atoms with van der Waals surface area (Å²) in [5.74, 6) is -0.378. The van der Waals surface area contributed by atoms with E-state index in [1.165, 1.54) is 25.7 Å². The normalized spacial score (nSPS) is 14.7. The first-order valence-corrected chi connectivity index (χ1v) is 11.6. The van der Waals surface area contributed by atoms with Gasteiger partial charge in [0.15, 0.2) is 0 Å². The Labute approximate surface area is 190 Å². The predicted molar refractivity (Wildman–Crippen MR) is 121 cm³/mol. The molecule has 0 aromatic heterocycles. The highest BCUT2D eigenvalue weighted by atomic mass is 16.7. The van der Waals surface area contributed by atoms with Crippen molar-refractivity contribution in [1.82, 2.24) is 5.32 Å². The number of urea groups is 1. The Morgan fingerprint density at radius 2 is 1.47 bits per heavy atom. The summed E-state index contributed by atoms with van der Waals surface area (Å²) in [6.45, 7) is 2.75. The molecule has 0 aliphatic carbocycles. The molecule has 8 nitrogen and oxygen atoms in total. The van der Waals surface area contributed by atoms with Gasteiger partial charge in [-0.3, -0.25) is 4.79 Å². The Morgan fingerprint density at radius 1 is 0.906 bits per heavy atom. The molecule has 178 valence electrons. The summed E-state index contributed by atoms with van der Waals surface area (Å²) in [6.07, 6.45) is 9.07. The largest absolute Gasteiger partial charge is 0.508 e. The van der Waals surface area contributed by atoms with Crippen LogP contribution >= 0.6 is 0 Å². The fourth-order valence-electron chi connectivity index (χ4n) is 3.34. The molecule has 2 rings (SSSR count). The third kappa shape index (κ3) is 10.0. The zero-order chi connectivity index (χ0) is 23.1. The van der Waals surface area contributed by atoms with Gasteiger partial charge in [-0.15, -0.1) is 0 Å². The summed E-state index contributed by atoms with van der Waals surface area (Å²) in [7, 11) is 0. The van der Waals surface area contributed by atoms with E-state index in [1.807, 2.05) is 30.3 Å². The Kier molecular flexibility index (Phi) is 11.4. The molecule has 0 saturated carbocycles. The number of carbonyl (C=O) groups excluding carboxylic acids is 3. The molecule has 2 amide bonds. The second-order valence-corrected chi connectivity index (χ2v) is 8.45. The maximum absolute atomic E-state index is 12.1. The number of hydrogen-bond acceptors (Lipinski definition) is 6. The maximum Gasteiger partial charge on any atom is 0.508 e. The Bertz CT molecular complexity index is 700. The minimum absolute atomic E-state index is 0.00160. The van der Waals surface area contributed by atoms with E-state index in [0.717, 1.165) is 37.8 Å². The lowest BCUT2D eigenvalue weighted by atomic mass is 9.93. The number of rotatable bonds is 14. The van der Waals surface area contributed by atoms with Crippen molar-refractivity contribution in [2.24, 2.45) is 5.41 Å². The zero-order valence-electron chi connectivity index (χ0n) is 19.0. The van der Waals surface area contributed by atoms with Crippen LogP contribution in [0.5, 0.6) is 0 Å². The summed E-state index contributed by atoms with van der Waals surface area (Å²) in [5, 5.41) is 5.69. The van der Waals surface area contributed by atoms with Gasteiger partial charge in [0.25, 0.3) is 0 Å². The quantitative estimate of drug-likeness (QED) is 0.305. The topological polar surface area (TPSA) is 103 Å². The number of anilines is 1. The van der Waals surface area contributed by atoms with Crippen molar-refractivity contribution in [3.8, 4) is 0 Å². The van der Waals surface area contributed by atoms with Crippen molar-refractivity contribution in [1.29, 1.82) is 0 Å². The Balaban J connectivity index is 1.34. The number of nitrogens with one attached hydrogen (secondary N) is 2. The standard InChI is InChI=1S/C24H36N2O6/c1-24(18-31-23(29)32-19-24)21(27)30-17-13-8-6-4-2-3-5-7-12-16-25-22(28)26-20-14-10-9-11-15-20/h9-11,14-15H,2-8,12-13,16-19H2,1H3,(H2,25,26,28). The van der Waals surface area contributed by atoms with Crippen LogP contribution in [-0.2, 0) is 19.0 Å². The van der Waals surface area contributed by atoms with Crippen LogP contribution in [0.25, 0.3) is 0 Å². The van der Waals surface area contributed by atoms with E-state index in [2.05, 4.69) is 10.6 Å². The zero-order valence-corrected chi connectivity index (χ0v) is 19.0. The van der Waals surface area contributed by atoms with Gasteiger partial charge in [0, 0.05) is 12.2 Å². The van der Waals surface area contributed by atoms with Crippen LogP contribution in [0.2, 0.25) is 0 Å². The lowest BCUT2D eigenvalue weighted by Crippen LogP contribution is -2.44. The van der Waals surface area contributed by atoms with Gasteiger partial charge in [-0.1, -0.05) is 63.1 Å². The van der Waals surface area contributed by atoms with Crippen LogP contribution in [0.15, 0.2) is 30.3 Å². The highest BCUT2D eigenvalue weighted by Crippen LogP contribution is 2.24. The molecule has 0 radical (unpaired) electrons. The molecule has 0 bridgehead atoms. The molecule has 1 aliphatic rings. The minimum atomic E-state index is -0.908. The van der Waals surface area contributed by atoms with Crippen LogP contribution in [-0.4, -0.2) is 44.5 Å². The van der Waals surface area contributed by atoms with Crippen molar-refractivity contribution in [3.63, 3.8) is 0 Å². The number of esters is 1. The molecule has 0 unspecified atom stereocenters. The first kappa shape index (κ1) is 25.5. The number of para-hydroxylation sites is 1. The van der Waals surface area contributed by atoms with Crippen LogP contribution < -0.4 is 10.6 Å². The average molecular weight is 449 g/mol. The second-order valence-electron chi connectivity index (χ2n) is 8.45. The summed E-state index contributed by atoms with van der Waals surface area (Å²) in [6, 6.07) is 9.25. The highest BCUT2D eigenvalue weighted by molar-refractivity contribution is 5.89. The molecule has 1 saturated heterocycles. The molecule has 1 aromatic carbocycles. The highest BCUT2D eigenvalue weighted by Gasteiger charge is 2.41. The SMILES string of the molecule is CC1(C(=O)OCCCCCCCCCCCNC(=O)Nc2ccccc2)COC(=O)OC1. The number of amides is 2. The fourth-order valence-corrected chi connectivity index (χ4v) is 3.34. The van der Waals surface area contributed by atoms with E-state index < -0.39 is 11.6 Å². The molecule has 1 fully saturated rings. The van der Waals surface area contributed by atoms with Gasteiger partial charge < -0.3 is 24.8 Å². The Hall–Kier alpha value is -2.77. The van der Waals surface area contributed by atoms with Gasteiger partial charge >= 0.3 is 18.2 Å². The number of carbonyl (C=O) groups is 3. The first-order valence-electron chi connectivity index (χ1n) is 11.6. The molecule has 1 aliphatic heterocycles. The molecule has 1 aromatic rings. The van der Waals surface area contributed by atoms with Crippen LogP contribution in [0.4, 0.5) is 15.3 Å². The number of benzene rings is 1. The van der Waals surface area contributed by atoms with E-state index >= 15 is 0 Å².